The van der Waals surface area contributed by atoms with Crippen molar-refractivity contribution >= 4 is 6.41 Å². The number of amides is 1. The molecule has 1 unspecified atom stereocenters. The Bertz CT molecular complexity index is 112. The lowest BCUT2D eigenvalue weighted by Gasteiger charge is -2.22. The first-order valence-corrected chi connectivity index (χ1v) is 4.31. The fourth-order valence-corrected chi connectivity index (χ4v) is 0.827. The Morgan fingerprint density at radius 2 is 1.91 bits per heavy atom. The molecule has 2 nitrogen and oxygen atoms in total. The number of hydrogen-bond donors (Lipinski definition) is 0. The fourth-order valence-electron chi connectivity index (χ4n) is 0.827. The van der Waals surface area contributed by atoms with Crippen LogP contribution in [0.3, 0.4) is 0 Å². The van der Waals surface area contributed by atoms with Crippen LogP contribution in [-0.4, -0.2) is 24.4 Å². The first-order chi connectivity index (χ1) is 5.11. The number of rotatable bonds is 5. The maximum Gasteiger partial charge on any atom is 0.209 e. The van der Waals surface area contributed by atoms with E-state index in [0.717, 1.165) is 19.5 Å². The maximum absolute atomic E-state index is 10.4. The van der Waals surface area contributed by atoms with Crippen LogP contribution in [0.15, 0.2) is 0 Å². The van der Waals surface area contributed by atoms with Gasteiger partial charge in [-0.1, -0.05) is 20.8 Å². The Morgan fingerprint density at radius 1 is 1.36 bits per heavy atom. The Balaban J connectivity index is 3.71. The number of nitrogens with zero attached hydrogens (tertiary/aromatic N) is 1. The van der Waals surface area contributed by atoms with E-state index in [1.54, 1.807) is 0 Å². The minimum Gasteiger partial charge on any atom is -0.345 e. The van der Waals surface area contributed by atoms with Crippen molar-refractivity contribution in [1.29, 1.82) is 0 Å². The summed E-state index contributed by atoms with van der Waals surface area (Å²) in [6.45, 7) is 10.3. The quantitative estimate of drug-likeness (QED) is 0.557. The van der Waals surface area contributed by atoms with E-state index in [0.29, 0.717) is 11.8 Å². The molecular weight excluding hydrogens is 138 g/mol. The predicted molar refractivity (Wildman–Crippen MR) is 47.3 cm³/mol. The molecular formula is C9H19NO. The molecule has 0 fully saturated rings. The van der Waals surface area contributed by atoms with Gasteiger partial charge in [-0.3, -0.25) is 4.79 Å². The Hall–Kier alpha value is -0.530. The molecule has 0 N–H and O–H groups in total. The van der Waals surface area contributed by atoms with Crippen molar-refractivity contribution in [2.45, 2.75) is 27.7 Å². The van der Waals surface area contributed by atoms with Crippen molar-refractivity contribution in [3.63, 3.8) is 0 Å². The molecule has 0 aromatic carbocycles. The topological polar surface area (TPSA) is 20.3 Å². The fraction of sp³-hybridized carbons (Fsp3) is 0.889. The molecule has 1 amide bonds. The van der Waals surface area contributed by atoms with Gasteiger partial charge in [0.05, 0.1) is 0 Å². The molecule has 11 heavy (non-hydrogen) atoms. The molecule has 0 saturated heterocycles. The van der Waals surface area contributed by atoms with Crippen LogP contribution in [0.5, 0.6) is 0 Å². The van der Waals surface area contributed by atoms with Gasteiger partial charge in [0.2, 0.25) is 6.41 Å². The molecule has 0 aliphatic rings. The Labute approximate surface area is 69.6 Å². The van der Waals surface area contributed by atoms with Gasteiger partial charge in [-0.2, -0.15) is 0 Å². The van der Waals surface area contributed by atoms with Gasteiger partial charge in [0.1, 0.15) is 0 Å². The van der Waals surface area contributed by atoms with Gasteiger partial charge in [0.15, 0.2) is 0 Å². The highest BCUT2D eigenvalue weighted by atomic mass is 16.1. The molecule has 0 radical (unpaired) electrons. The van der Waals surface area contributed by atoms with Crippen LogP contribution in [0.25, 0.3) is 0 Å². The highest BCUT2D eigenvalue weighted by Crippen LogP contribution is 2.10. The Morgan fingerprint density at radius 3 is 2.18 bits per heavy atom. The molecule has 0 heterocycles. The third-order valence-electron chi connectivity index (χ3n) is 2.22. The SMILES string of the molecule is CCN(C=O)CC(C)C(C)C. The highest BCUT2D eigenvalue weighted by molar-refractivity contribution is 5.46. The lowest BCUT2D eigenvalue weighted by atomic mass is 9.98. The minimum atomic E-state index is 0.597. The molecule has 0 aliphatic heterocycles. The van der Waals surface area contributed by atoms with Gasteiger partial charge in [-0.25, -0.2) is 0 Å². The average molecular weight is 157 g/mol. The molecule has 0 saturated carbocycles. The number of carbonyl (C=O) groups is 1. The van der Waals surface area contributed by atoms with Crippen LogP contribution in [-0.2, 0) is 4.79 Å². The first kappa shape index (κ1) is 10.5. The maximum atomic E-state index is 10.4. The number of hydrogen-bond acceptors (Lipinski definition) is 1. The van der Waals surface area contributed by atoms with Crippen molar-refractivity contribution in [2.75, 3.05) is 13.1 Å². The molecule has 0 aromatic heterocycles. The summed E-state index contributed by atoms with van der Waals surface area (Å²) in [6.07, 6.45) is 0.929. The van der Waals surface area contributed by atoms with Crippen LogP contribution in [0.1, 0.15) is 27.7 Å². The van der Waals surface area contributed by atoms with E-state index in [9.17, 15) is 4.79 Å². The van der Waals surface area contributed by atoms with Crippen LogP contribution < -0.4 is 0 Å². The van der Waals surface area contributed by atoms with Crippen LogP contribution in [0.2, 0.25) is 0 Å². The summed E-state index contributed by atoms with van der Waals surface area (Å²) >= 11 is 0. The van der Waals surface area contributed by atoms with Gasteiger partial charge in [-0.05, 0) is 18.8 Å². The first-order valence-electron chi connectivity index (χ1n) is 4.31. The second-order valence-electron chi connectivity index (χ2n) is 3.41. The molecule has 0 spiro atoms. The summed E-state index contributed by atoms with van der Waals surface area (Å²) in [5.74, 6) is 1.25. The summed E-state index contributed by atoms with van der Waals surface area (Å²) in [6, 6.07) is 0. The molecule has 0 aromatic rings. The van der Waals surface area contributed by atoms with Crippen molar-refractivity contribution in [3.05, 3.63) is 0 Å². The van der Waals surface area contributed by atoms with Gasteiger partial charge < -0.3 is 4.90 Å². The van der Waals surface area contributed by atoms with E-state index >= 15 is 0 Å². The average Bonchev–Trinajstić information content (AvgIpc) is 1.99. The second kappa shape index (κ2) is 5.16. The lowest BCUT2D eigenvalue weighted by Crippen LogP contribution is -2.28. The van der Waals surface area contributed by atoms with Crippen LogP contribution >= 0.6 is 0 Å². The van der Waals surface area contributed by atoms with E-state index in [1.165, 1.54) is 0 Å². The van der Waals surface area contributed by atoms with Crippen LogP contribution in [0, 0.1) is 11.8 Å². The van der Waals surface area contributed by atoms with Crippen molar-refractivity contribution in [1.82, 2.24) is 4.90 Å². The zero-order valence-electron chi connectivity index (χ0n) is 8.00. The predicted octanol–water partition coefficient (Wildman–Crippen LogP) is 1.76. The molecule has 2 heteroatoms. The third kappa shape index (κ3) is 4.02. The van der Waals surface area contributed by atoms with Gasteiger partial charge >= 0.3 is 0 Å². The van der Waals surface area contributed by atoms with E-state index in [-0.39, 0.29) is 0 Å². The summed E-state index contributed by atoms with van der Waals surface area (Å²) in [5, 5.41) is 0. The Kier molecular flexibility index (Phi) is 4.92. The minimum absolute atomic E-state index is 0.597. The normalized spacial score (nSPS) is 13.2. The van der Waals surface area contributed by atoms with Crippen molar-refractivity contribution in [2.24, 2.45) is 11.8 Å². The summed E-state index contributed by atoms with van der Waals surface area (Å²) in [7, 11) is 0. The monoisotopic (exact) mass is 157 g/mol. The molecule has 0 rings (SSSR count). The molecule has 0 aliphatic carbocycles. The highest BCUT2D eigenvalue weighted by Gasteiger charge is 2.09. The summed E-state index contributed by atoms with van der Waals surface area (Å²) in [4.78, 5) is 12.2. The second-order valence-corrected chi connectivity index (χ2v) is 3.41. The van der Waals surface area contributed by atoms with Crippen molar-refractivity contribution < 1.29 is 4.79 Å². The lowest BCUT2D eigenvalue weighted by molar-refractivity contribution is -0.118. The summed E-state index contributed by atoms with van der Waals surface area (Å²) < 4.78 is 0. The van der Waals surface area contributed by atoms with E-state index in [1.807, 2.05) is 11.8 Å². The standard InChI is InChI=1S/C9H19NO/c1-5-10(7-11)6-9(4)8(2)3/h7-9H,5-6H2,1-4H3. The van der Waals surface area contributed by atoms with E-state index in [4.69, 9.17) is 0 Å². The van der Waals surface area contributed by atoms with E-state index < -0.39 is 0 Å². The zero-order chi connectivity index (χ0) is 8.85. The van der Waals surface area contributed by atoms with Gasteiger partial charge in [0, 0.05) is 13.1 Å². The van der Waals surface area contributed by atoms with E-state index in [2.05, 4.69) is 20.8 Å². The molecule has 1 atom stereocenters. The largest absolute Gasteiger partial charge is 0.345 e. The smallest absolute Gasteiger partial charge is 0.209 e. The van der Waals surface area contributed by atoms with Crippen LogP contribution in [0.4, 0.5) is 0 Å². The molecule has 66 valence electrons. The van der Waals surface area contributed by atoms with Gasteiger partial charge in [-0.15, -0.1) is 0 Å². The zero-order valence-corrected chi connectivity index (χ0v) is 8.00. The van der Waals surface area contributed by atoms with Crippen molar-refractivity contribution in [3.8, 4) is 0 Å². The summed E-state index contributed by atoms with van der Waals surface area (Å²) in [5.41, 5.74) is 0. The number of carbonyl (C=O) groups excluding carboxylic acids is 1. The molecule has 0 bridgehead atoms. The third-order valence-corrected chi connectivity index (χ3v) is 2.22. The van der Waals surface area contributed by atoms with Gasteiger partial charge in [0.25, 0.3) is 0 Å².